The number of esters is 1. The molecule has 1 aliphatic heterocycles. The van der Waals surface area contributed by atoms with Crippen LogP contribution in [0.5, 0.6) is 11.5 Å². The first-order chi connectivity index (χ1) is 15.3. The van der Waals surface area contributed by atoms with Crippen LogP contribution in [0.25, 0.3) is 6.08 Å². The largest absolute Gasteiger partial charge is 0.493 e. The third-order valence-corrected chi connectivity index (χ3v) is 4.70. The summed E-state index contributed by atoms with van der Waals surface area (Å²) in [7, 11) is 1.40. The minimum absolute atomic E-state index is 0.00694. The fourth-order valence-electron chi connectivity index (χ4n) is 2.95. The average molecular weight is 463 g/mol. The molecule has 3 rings (SSSR count). The van der Waals surface area contributed by atoms with Crippen molar-refractivity contribution in [1.82, 2.24) is 10.2 Å². The zero-order valence-electron chi connectivity index (χ0n) is 17.3. The van der Waals surface area contributed by atoms with Crippen molar-refractivity contribution in [2.45, 2.75) is 13.5 Å². The van der Waals surface area contributed by atoms with Crippen LogP contribution in [-0.4, -0.2) is 43.1 Å². The highest BCUT2D eigenvalue weighted by molar-refractivity contribution is 6.32. The summed E-state index contributed by atoms with van der Waals surface area (Å²) in [6, 6.07) is 7.95. The van der Waals surface area contributed by atoms with Gasteiger partial charge in [-0.15, -0.1) is 0 Å². The van der Waals surface area contributed by atoms with Gasteiger partial charge in [-0.1, -0.05) is 23.7 Å². The molecule has 2 aromatic rings. The molecule has 32 heavy (non-hydrogen) atoms. The van der Waals surface area contributed by atoms with Crippen molar-refractivity contribution in [1.29, 1.82) is 0 Å². The second kappa shape index (κ2) is 10.1. The number of hydrogen-bond donors (Lipinski definition) is 1. The monoisotopic (exact) mass is 462 g/mol. The van der Waals surface area contributed by atoms with E-state index in [1.807, 2.05) is 0 Å². The van der Waals surface area contributed by atoms with Gasteiger partial charge in [-0.2, -0.15) is 0 Å². The van der Waals surface area contributed by atoms with E-state index in [0.717, 1.165) is 4.90 Å². The topological polar surface area (TPSA) is 94.2 Å². The van der Waals surface area contributed by atoms with Crippen molar-refractivity contribution >= 4 is 35.6 Å². The minimum Gasteiger partial charge on any atom is -0.493 e. The molecule has 0 radical (unpaired) electrons. The molecule has 8 nitrogen and oxygen atoms in total. The van der Waals surface area contributed by atoms with Crippen LogP contribution in [0.1, 0.15) is 18.1 Å². The van der Waals surface area contributed by atoms with Gasteiger partial charge in [-0.3, -0.25) is 9.69 Å². The van der Waals surface area contributed by atoms with Crippen molar-refractivity contribution in [2.75, 3.05) is 20.3 Å². The number of imide groups is 1. The Balaban J connectivity index is 1.79. The third-order valence-electron chi connectivity index (χ3n) is 4.42. The molecule has 1 N–H and O–H groups in total. The van der Waals surface area contributed by atoms with Gasteiger partial charge >= 0.3 is 12.0 Å². The van der Waals surface area contributed by atoms with Crippen LogP contribution in [0.4, 0.5) is 9.18 Å². The molecule has 0 aromatic heterocycles. The van der Waals surface area contributed by atoms with Gasteiger partial charge in [-0.05, 0) is 48.4 Å². The van der Waals surface area contributed by atoms with Crippen LogP contribution >= 0.6 is 11.6 Å². The first-order valence-electron chi connectivity index (χ1n) is 9.57. The van der Waals surface area contributed by atoms with E-state index in [9.17, 15) is 18.8 Å². The van der Waals surface area contributed by atoms with E-state index >= 15 is 0 Å². The molecule has 0 bridgehead atoms. The maximum atomic E-state index is 13.1. The van der Waals surface area contributed by atoms with Crippen molar-refractivity contribution in [2.24, 2.45) is 0 Å². The van der Waals surface area contributed by atoms with E-state index in [2.05, 4.69) is 5.32 Å². The Morgan fingerprint density at radius 2 is 1.94 bits per heavy atom. The highest BCUT2D eigenvalue weighted by atomic mass is 35.5. The van der Waals surface area contributed by atoms with Gasteiger partial charge in [0.2, 0.25) is 0 Å². The number of hydrogen-bond acceptors (Lipinski definition) is 6. The molecule has 1 saturated heterocycles. The minimum atomic E-state index is -0.599. The van der Waals surface area contributed by atoms with Crippen LogP contribution in [0.15, 0.2) is 42.1 Å². The van der Waals surface area contributed by atoms with Gasteiger partial charge < -0.3 is 19.5 Å². The number of carbonyl (C=O) groups is 3. The van der Waals surface area contributed by atoms with E-state index in [-0.39, 0.29) is 42.0 Å². The fraction of sp³-hybridized carbons (Fsp3) is 0.227. The second-order valence-corrected chi connectivity index (χ2v) is 7.04. The smallest absolute Gasteiger partial charge is 0.344 e. The second-order valence-electron chi connectivity index (χ2n) is 6.63. The zero-order chi connectivity index (χ0) is 23.3. The van der Waals surface area contributed by atoms with Gasteiger partial charge in [0.1, 0.15) is 11.5 Å². The number of amides is 3. The molecular formula is C22H20ClFN2O6. The summed E-state index contributed by atoms with van der Waals surface area (Å²) in [6.07, 6.45) is 1.44. The molecule has 1 fully saturated rings. The normalized spacial score (nSPS) is 14.5. The molecule has 3 amide bonds. The number of urea groups is 1. The summed E-state index contributed by atoms with van der Waals surface area (Å²) in [6.45, 7) is 1.54. The first-order valence-corrected chi connectivity index (χ1v) is 9.95. The average Bonchev–Trinajstić information content (AvgIpc) is 3.01. The maximum absolute atomic E-state index is 13.1. The number of halogens is 2. The number of methoxy groups -OCH3 is 1. The lowest BCUT2D eigenvalue weighted by molar-refractivity contribution is -0.145. The number of nitrogens with zero attached hydrogens (tertiary/aromatic N) is 1. The Morgan fingerprint density at radius 3 is 2.59 bits per heavy atom. The van der Waals surface area contributed by atoms with E-state index in [0.29, 0.717) is 11.1 Å². The van der Waals surface area contributed by atoms with E-state index in [1.54, 1.807) is 13.0 Å². The number of ether oxygens (including phenoxy) is 3. The summed E-state index contributed by atoms with van der Waals surface area (Å²) in [5.41, 5.74) is 1.10. The molecule has 0 atom stereocenters. The molecule has 10 heteroatoms. The number of carbonyl (C=O) groups excluding carboxylic acids is 3. The highest BCUT2D eigenvalue weighted by Gasteiger charge is 2.33. The number of nitrogens with one attached hydrogen (secondary N) is 1. The lowest BCUT2D eigenvalue weighted by atomic mass is 10.1. The molecular weight excluding hydrogens is 443 g/mol. The lowest BCUT2D eigenvalue weighted by Gasteiger charge is -2.13. The molecule has 168 valence electrons. The van der Waals surface area contributed by atoms with Gasteiger partial charge in [0, 0.05) is 0 Å². The summed E-state index contributed by atoms with van der Waals surface area (Å²) < 4.78 is 28.6. The molecule has 0 saturated carbocycles. The fourth-order valence-corrected chi connectivity index (χ4v) is 3.22. The van der Waals surface area contributed by atoms with E-state index < -0.39 is 23.7 Å². The van der Waals surface area contributed by atoms with Crippen LogP contribution in [0, 0.1) is 5.82 Å². The maximum Gasteiger partial charge on any atom is 0.344 e. The molecule has 1 heterocycles. The molecule has 2 aromatic carbocycles. The molecule has 0 spiro atoms. The summed E-state index contributed by atoms with van der Waals surface area (Å²) in [5.74, 6) is -1.14. The predicted octanol–water partition coefficient (Wildman–Crippen LogP) is 3.52. The van der Waals surface area contributed by atoms with E-state index in [1.165, 1.54) is 43.5 Å². The highest BCUT2D eigenvalue weighted by Crippen LogP contribution is 2.37. The summed E-state index contributed by atoms with van der Waals surface area (Å²) >= 11 is 6.27. The molecule has 0 unspecified atom stereocenters. The quantitative estimate of drug-likeness (QED) is 0.366. The Labute approximate surface area is 188 Å². The Morgan fingerprint density at radius 1 is 1.22 bits per heavy atom. The van der Waals surface area contributed by atoms with Crippen LogP contribution in [-0.2, 0) is 20.9 Å². The van der Waals surface area contributed by atoms with E-state index in [4.69, 9.17) is 25.8 Å². The van der Waals surface area contributed by atoms with Crippen molar-refractivity contribution in [3.8, 4) is 11.5 Å². The third kappa shape index (κ3) is 5.36. The molecule has 0 aliphatic carbocycles. The van der Waals surface area contributed by atoms with Crippen molar-refractivity contribution in [3.63, 3.8) is 0 Å². The van der Waals surface area contributed by atoms with Crippen molar-refractivity contribution < 1.29 is 33.0 Å². The van der Waals surface area contributed by atoms with Crippen molar-refractivity contribution in [3.05, 3.63) is 64.1 Å². The van der Waals surface area contributed by atoms with Gasteiger partial charge in [0.15, 0.2) is 18.1 Å². The summed E-state index contributed by atoms with van der Waals surface area (Å²) in [4.78, 5) is 37.5. The van der Waals surface area contributed by atoms with Crippen LogP contribution < -0.4 is 14.8 Å². The van der Waals surface area contributed by atoms with Gasteiger partial charge in [0.05, 0.1) is 25.3 Å². The Bertz CT molecular complexity index is 1070. The van der Waals surface area contributed by atoms with Gasteiger partial charge in [0.25, 0.3) is 5.91 Å². The Hall–Kier alpha value is -3.59. The Kier molecular flexibility index (Phi) is 7.32. The zero-order valence-corrected chi connectivity index (χ0v) is 18.1. The lowest BCUT2D eigenvalue weighted by Crippen LogP contribution is -2.30. The van der Waals surface area contributed by atoms with Gasteiger partial charge in [-0.25, -0.2) is 14.0 Å². The molecule has 1 aliphatic rings. The SMILES string of the molecule is CCOC(=O)COc1c(Cl)cc(/C=C2/NC(=O)N(Cc3ccc(F)cc3)C2=O)cc1OC. The first kappa shape index (κ1) is 23.1. The number of benzene rings is 2. The predicted molar refractivity (Wildman–Crippen MR) is 114 cm³/mol. The van der Waals surface area contributed by atoms with Crippen LogP contribution in [0.3, 0.4) is 0 Å². The standard InChI is InChI=1S/C22H20ClFN2O6/c1-3-31-19(27)12-32-20-16(23)8-14(10-18(20)30-2)9-17-21(28)26(22(29)25-17)11-13-4-6-15(24)7-5-13/h4-10H,3,11-12H2,1-2H3,(H,25,29)/b17-9+. The number of rotatable bonds is 8. The summed E-state index contributed by atoms with van der Waals surface area (Å²) in [5, 5.41) is 2.65. The van der Waals surface area contributed by atoms with Crippen LogP contribution in [0.2, 0.25) is 5.02 Å².